The van der Waals surface area contributed by atoms with Gasteiger partial charge in [0.15, 0.2) is 5.82 Å². The predicted octanol–water partition coefficient (Wildman–Crippen LogP) is 4.31. The number of benzene rings is 2. The van der Waals surface area contributed by atoms with Crippen LogP contribution < -0.4 is 4.90 Å². The van der Waals surface area contributed by atoms with Gasteiger partial charge in [0.25, 0.3) is 0 Å². The van der Waals surface area contributed by atoms with Crippen molar-refractivity contribution in [2.75, 3.05) is 11.6 Å². The Morgan fingerprint density at radius 2 is 1.81 bits per heavy atom. The summed E-state index contributed by atoms with van der Waals surface area (Å²) in [5, 5.41) is 9.71. The van der Waals surface area contributed by atoms with Gasteiger partial charge < -0.3 is 9.47 Å². The molecule has 0 unspecified atom stereocenters. The highest BCUT2D eigenvalue weighted by atomic mass is 15.4. The number of fused-ring (bicyclic) bond motifs is 7. The lowest BCUT2D eigenvalue weighted by Crippen LogP contribution is -2.16. The first-order chi connectivity index (χ1) is 10.4. The summed E-state index contributed by atoms with van der Waals surface area (Å²) in [5.74, 6) is 0.891. The van der Waals surface area contributed by atoms with Crippen LogP contribution in [0.4, 0.5) is 5.69 Å². The smallest absolute Gasteiger partial charge is 0.173 e. The van der Waals surface area contributed by atoms with E-state index in [9.17, 15) is 0 Å². The van der Waals surface area contributed by atoms with Crippen LogP contribution in [0.3, 0.4) is 0 Å². The Labute approximate surface area is 121 Å². The van der Waals surface area contributed by atoms with Crippen molar-refractivity contribution in [2.24, 2.45) is 10.2 Å². The molecule has 2 aliphatic rings. The van der Waals surface area contributed by atoms with Gasteiger partial charge in [0, 0.05) is 10.9 Å². The molecule has 0 N–H and O–H groups in total. The Balaban J connectivity index is 1.95. The van der Waals surface area contributed by atoms with Gasteiger partial charge in [-0.1, -0.05) is 36.4 Å². The lowest BCUT2D eigenvalue weighted by Gasteiger charge is -2.17. The standard InChI is InChI=1S/C17H12N4/c1-3-7-14-12(5-1)9-16-13-6-2-4-8-15(13)21-11-18-19-17(21)10-20(14)16/h1-10H,11H2. The van der Waals surface area contributed by atoms with Crippen LogP contribution >= 0.6 is 0 Å². The Hall–Kier alpha value is -2.88. The second-order valence-corrected chi connectivity index (χ2v) is 5.27. The maximum atomic E-state index is 4.29. The first-order valence-corrected chi connectivity index (χ1v) is 6.98. The van der Waals surface area contributed by atoms with E-state index in [0.29, 0.717) is 6.67 Å². The molecular formula is C17H12N4. The van der Waals surface area contributed by atoms with Gasteiger partial charge in [-0.25, -0.2) is 0 Å². The third-order valence-corrected chi connectivity index (χ3v) is 4.12. The first kappa shape index (κ1) is 10.9. The molecule has 3 aromatic rings. The van der Waals surface area contributed by atoms with E-state index in [0.717, 1.165) is 11.5 Å². The highest BCUT2D eigenvalue weighted by Crippen LogP contribution is 2.40. The van der Waals surface area contributed by atoms with Crippen molar-refractivity contribution in [2.45, 2.75) is 0 Å². The van der Waals surface area contributed by atoms with Crippen molar-refractivity contribution < 1.29 is 0 Å². The molecule has 0 saturated heterocycles. The Kier molecular flexibility index (Phi) is 1.98. The van der Waals surface area contributed by atoms with Crippen LogP contribution in [0, 0.1) is 0 Å². The number of nitrogens with zero attached hydrogens (tertiary/aromatic N) is 4. The molecule has 2 aliphatic heterocycles. The number of para-hydroxylation sites is 2. The second-order valence-electron chi connectivity index (χ2n) is 5.27. The van der Waals surface area contributed by atoms with Crippen molar-refractivity contribution in [1.29, 1.82) is 0 Å². The van der Waals surface area contributed by atoms with E-state index in [-0.39, 0.29) is 0 Å². The Bertz CT molecular complexity index is 933. The zero-order chi connectivity index (χ0) is 13.8. The maximum absolute atomic E-state index is 4.29. The fourth-order valence-corrected chi connectivity index (χ4v) is 3.15. The van der Waals surface area contributed by atoms with Crippen molar-refractivity contribution in [3.8, 4) is 11.3 Å². The van der Waals surface area contributed by atoms with Gasteiger partial charge >= 0.3 is 0 Å². The van der Waals surface area contributed by atoms with Gasteiger partial charge in [-0.3, -0.25) is 0 Å². The largest absolute Gasteiger partial charge is 0.312 e. The van der Waals surface area contributed by atoms with Crippen molar-refractivity contribution >= 4 is 22.8 Å². The van der Waals surface area contributed by atoms with Crippen LogP contribution in [0.25, 0.3) is 28.4 Å². The molecule has 2 aromatic carbocycles. The molecule has 0 bridgehead atoms. The number of anilines is 1. The van der Waals surface area contributed by atoms with Crippen LogP contribution in [0.1, 0.15) is 0 Å². The minimum absolute atomic E-state index is 0.589. The average Bonchev–Trinajstić information content (AvgIpc) is 3.10. The topological polar surface area (TPSA) is 32.9 Å². The third kappa shape index (κ3) is 1.39. The number of hydrogen-bond acceptors (Lipinski definition) is 3. The van der Waals surface area contributed by atoms with Gasteiger partial charge in [0.1, 0.15) is 6.67 Å². The van der Waals surface area contributed by atoms with Crippen molar-refractivity contribution in [3.63, 3.8) is 0 Å². The van der Waals surface area contributed by atoms with Crippen LogP contribution in [0.5, 0.6) is 0 Å². The number of azo groups is 1. The molecule has 0 saturated carbocycles. The summed E-state index contributed by atoms with van der Waals surface area (Å²) in [6, 6.07) is 19.1. The molecule has 21 heavy (non-hydrogen) atoms. The molecule has 0 aliphatic carbocycles. The molecule has 0 amide bonds. The predicted molar refractivity (Wildman–Crippen MR) is 83.8 cm³/mol. The van der Waals surface area contributed by atoms with Crippen LogP contribution in [-0.4, -0.2) is 11.2 Å². The molecule has 0 radical (unpaired) electrons. The summed E-state index contributed by atoms with van der Waals surface area (Å²) in [4.78, 5) is 2.15. The first-order valence-electron chi connectivity index (χ1n) is 6.98. The normalized spacial score (nSPS) is 15.4. The maximum Gasteiger partial charge on any atom is 0.173 e. The minimum atomic E-state index is 0.589. The van der Waals surface area contributed by atoms with E-state index in [1.54, 1.807) is 0 Å². The highest BCUT2D eigenvalue weighted by molar-refractivity contribution is 5.94. The van der Waals surface area contributed by atoms with E-state index < -0.39 is 0 Å². The molecule has 0 spiro atoms. The van der Waals surface area contributed by atoms with Gasteiger partial charge in [0.05, 0.1) is 23.1 Å². The molecule has 0 fully saturated rings. The summed E-state index contributed by atoms with van der Waals surface area (Å²) in [5.41, 5.74) is 4.77. The minimum Gasteiger partial charge on any atom is -0.312 e. The summed E-state index contributed by atoms with van der Waals surface area (Å²) in [6.45, 7) is 0.589. The number of hydrogen-bond donors (Lipinski definition) is 0. The summed E-state index contributed by atoms with van der Waals surface area (Å²) in [6.07, 6.45) is 2.08. The lowest BCUT2D eigenvalue weighted by molar-refractivity contribution is 1.01. The highest BCUT2D eigenvalue weighted by Gasteiger charge is 2.25. The summed E-state index contributed by atoms with van der Waals surface area (Å²) < 4.78 is 2.22. The summed E-state index contributed by atoms with van der Waals surface area (Å²) in [7, 11) is 0. The van der Waals surface area contributed by atoms with Crippen molar-refractivity contribution in [1.82, 2.24) is 4.57 Å². The molecular weight excluding hydrogens is 260 g/mol. The zero-order valence-corrected chi connectivity index (χ0v) is 11.3. The van der Waals surface area contributed by atoms with Crippen molar-refractivity contribution in [3.05, 3.63) is 60.4 Å². The summed E-state index contributed by atoms with van der Waals surface area (Å²) >= 11 is 0. The fourth-order valence-electron chi connectivity index (χ4n) is 3.15. The van der Waals surface area contributed by atoms with Gasteiger partial charge in [-0.2, -0.15) is 5.11 Å². The quantitative estimate of drug-likeness (QED) is 0.600. The lowest BCUT2D eigenvalue weighted by atomic mass is 10.1. The molecule has 0 atom stereocenters. The Morgan fingerprint density at radius 1 is 0.952 bits per heavy atom. The van der Waals surface area contributed by atoms with E-state index in [4.69, 9.17) is 0 Å². The molecule has 1 aromatic heterocycles. The van der Waals surface area contributed by atoms with Crippen LogP contribution in [0.15, 0.2) is 70.6 Å². The molecule has 4 heteroatoms. The molecule has 4 nitrogen and oxygen atoms in total. The van der Waals surface area contributed by atoms with E-state index in [2.05, 4.69) is 80.5 Å². The van der Waals surface area contributed by atoms with Crippen LogP contribution in [0.2, 0.25) is 0 Å². The Morgan fingerprint density at radius 3 is 2.81 bits per heavy atom. The average molecular weight is 272 g/mol. The molecule has 3 heterocycles. The fraction of sp³-hybridized carbons (Fsp3) is 0.0588. The van der Waals surface area contributed by atoms with Gasteiger partial charge in [-0.15, -0.1) is 5.11 Å². The zero-order valence-electron chi connectivity index (χ0n) is 11.3. The molecule has 5 rings (SSSR count). The number of rotatable bonds is 0. The van der Waals surface area contributed by atoms with E-state index >= 15 is 0 Å². The van der Waals surface area contributed by atoms with Gasteiger partial charge in [0.2, 0.25) is 0 Å². The SMILES string of the molecule is C1=C2N=NCN2c2ccccc2-c2cc3ccccc3n21. The van der Waals surface area contributed by atoms with E-state index in [1.807, 2.05) is 0 Å². The number of aromatic nitrogens is 1. The third-order valence-electron chi connectivity index (χ3n) is 4.12. The second kappa shape index (κ2) is 3.82. The molecule has 100 valence electrons. The van der Waals surface area contributed by atoms with E-state index in [1.165, 1.54) is 22.2 Å². The monoisotopic (exact) mass is 272 g/mol. The van der Waals surface area contributed by atoms with Crippen LogP contribution in [-0.2, 0) is 0 Å². The van der Waals surface area contributed by atoms with Gasteiger partial charge in [-0.05, 0) is 18.2 Å².